The van der Waals surface area contributed by atoms with Gasteiger partial charge in [0.25, 0.3) is 11.8 Å². The van der Waals surface area contributed by atoms with Crippen molar-refractivity contribution in [2.45, 2.75) is 27.2 Å². The summed E-state index contributed by atoms with van der Waals surface area (Å²) >= 11 is 6.52. The molecule has 6 nitrogen and oxygen atoms in total. The third kappa shape index (κ3) is 3.96. The molecule has 0 aromatic heterocycles. The molecule has 0 radical (unpaired) electrons. The molecule has 0 bridgehead atoms. The van der Waals surface area contributed by atoms with E-state index in [0.717, 1.165) is 29.3 Å². The van der Waals surface area contributed by atoms with Crippen LogP contribution < -0.4 is 10.2 Å². The molecule has 0 saturated carbocycles. The fourth-order valence-corrected chi connectivity index (χ4v) is 5.29. The van der Waals surface area contributed by atoms with Gasteiger partial charge in [-0.15, -0.1) is 0 Å². The zero-order chi connectivity index (χ0) is 23.0. The van der Waals surface area contributed by atoms with E-state index >= 15 is 0 Å². The van der Waals surface area contributed by atoms with Crippen molar-refractivity contribution in [3.63, 3.8) is 0 Å². The minimum absolute atomic E-state index is 0.151. The molecule has 2 aliphatic rings. The number of thiocarbonyl (C=S) groups is 1. The zero-order valence-corrected chi connectivity index (χ0v) is 19.7. The molecule has 0 atom stereocenters. The van der Waals surface area contributed by atoms with E-state index in [2.05, 4.69) is 5.32 Å². The Morgan fingerprint density at radius 1 is 1.06 bits per heavy atom. The van der Waals surface area contributed by atoms with Crippen LogP contribution in [0.5, 0.6) is 0 Å². The standard InChI is InChI=1S/C24H23N3O3S2/c1-4-11-26-23(30)21(32-24(26)31)20-16-7-5-6-8-18(16)27(22(20)29)13-19(28)25-17-10-9-14(2)12-15(17)3/h5-10,12H,4,11,13H2,1-3H3,(H,25,28)/b21-20+. The lowest BCUT2D eigenvalue weighted by Crippen LogP contribution is -2.35. The number of fused-ring (bicyclic) bond motifs is 1. The van der Waals surface area contributed by atoms with Crippen LogP contribution in [-0.4, -0.2) is 40.0 Å². The monoisotopic (exact) mass is 465 g/mol. The summed E-state index contributed by atoms with van der Waals surface area (Å²) in [6, 6.07) is 13.0. The number of amides is 3. The molecule has 164 valence electrons. The third-order valence-corrected chi connectivity index (χ3v) is 6.85. The minimum atomic E-state index is -0.362. The van der Waals surface area contributed by atoms with Crippen LogP contribution in [0.2, 0.25) is 0 Å². The predicted molar refractivity (Wildman–Crippen MR) is 132 cm³/mol. The molecule has 1 saturated heterocycles. The Bertz CT molecular complexity index is 1190. The second kappa shape index (κ2) is 8.88. The molecule has 4 rings (SSSR count). The van der Waals surface area contributed by atoms with Gasteiger partial charge in [0, 0.05) is 17.8 Å². The maximum absolute atomic E-state index is 13.4. The van der Waals surface area contributed by atoms with Crippen LogP contribution in [0.1, 0.15) is 30.0 Å². The molecule has 2 aromatic carbocycles. The first-order chi connectivity index (χ1) is 15.3. The molecule has 0 unspecified atom stereocenters. The number of nitrogens with one attached hydrogen (secondary N) is 1. The van der Waals surface area contributed by atoms with Crippen LogP contribution in [0.4, 0.5) is 11.4 Å². The first-order valence-electron chi connectivity index (χ1n) is 10.4. The van der Waals surface area contributed by atoms with Gasteiger partial charge in [0.15, 0.2) is 0 Å². The Hall–Kier alpha value is -2.97. The van der Waals surface area contributed by atoms with E-state index in [9.17, 15) is 14.4 Å². The van der Waals surface area contributed by atoms with Gasteiger partial charge in [-0.25, -0.2) is 0 Å². The summed E-state index contributed by atoms with van der Waals surface area (Å²) in [5, 5.41) is 2.89. The summed E-state index contributed by atoms with van der Waals surface area (Å²) in [6.07, 6.45) is 0.768. The Morgan fingerprint density at radius 2 is 1.81 bits per heavy atom. The van der Waals surface area contributed by atoms with E-state index in [1.54, 1.807) is 12.1 Å². The summed E-state index contributed by atoms with van der Waals surface area (Å²) in [7, 11) is 0. The minimum Gasteiger partial charge on any atom is -0.324 e. The highest BCUT2D eigenvalue weighted by Crippen LogP contribution is 2.44. The van der Waals surface area contributed by atoms with E-state index in [0.29, 0.717) is 38.3 Å². The van der Waals surface area contributed by atoms with Crippen molar-refractivity contribution in [1.82, 2.24) is 4.90 Å². The Balaban J connectivity index is 1.64. The van der Waals surface area contributed by atoms with Crippen LogP contribution >= 0.6 is 24.0 Å². The first kappa shape index (κ1) is 22.2. The zero-order valence-electron chi connectivity index (χ0n) is 18.1. The van der Waals surface area contributed by atoms with Gasteiger partial charge in [0.1, 0.15) is 10.9 Å². The summed E-state index contributed by atoms with van der Waals surface area (Å²) in [5.41, 5.74) is 4.34. The van der Waals surface area contributed by atoms with Crippen molar-refractivity contribution < 1.29 is 14.4 Å². The Labute approximate surface area is 196 Å². The first-order valence-corrected chi connectivity index (χ1v) is 11.6. The quantitative estimate of drug-likeness (QED) is 0.528. The molecular formula is C24H23N3O3S2. The van der Waals surface area contributed by atoms with Crippen LogP contribution in [-0.2, 0) is 14.4 Å². The van der Waals surface area contributed by atoms with Gasteiger partial charge in [-0.3, -0.25) is 24.2 Å². The fourth-order valence-electron chi connectivity index (χ4n) is 3.91. The van der Waals surface area contributed by atoms with E-state index in [1.165, 1.54) is 9.80 Å². The van der Waals surface area contributed by atoms with Crippen molar-refractivity contribution >= 4 is 63.0 Å². The molecule has 1 N–H and O–H groups in total. The van der Waals surface area contributed by atoms with Gasteiger partial charge in [-0.05, 0) is 38.0 Å². The van der Waals surface area contributed by atoms with Crippen molar-refractivity contribution in [2.24, 2.45) is 0 Å². The summed E-state index contributed by atoms with van der Waals surface area (Å²) in [4.78, 5) is 42.5. The molecule has 2 heterocycles. The van der Waals surface area contributed by atoms with E-state index in [-0.39, 0.29) is 24.3 Å². The molecule has 2 aliphatic heterocycles. The van der Waals surface area contributed by atoms with Gasteiger partial charge in [-0.2, -0.15) is 0 Å². The van der Waals surface area contributed by atoms with Crippen molar-refractivity contribution in [1.29, 1.82) is 0 Å². The molecule has 2 aromatic rings. The maximum atomic E-state index is 13.4. The highest BCUT2D eigenvalue weighted by molar-refractivity contribution is 8.26. The number of para-hydroxylation sites is 1. The van der Waals surface area contributed by atoms with Gasteiger partial charge < -0.3 is 5.32 Å². The van der Waals surface area contributed by atoms with E-state index < -0.39 is 0 Å². The number of rotatable bonds is 5. The Kier molecular flexibility index (Phi) is 6.17. The molecule has 0 aliphatic carbocycles. The molecule has 3 amide bonds. The average molecular weight is 466 g/mol. The number of benzene rings is 2. The topological polar surface area (TPSA) is 69.7 Å². The molecule has 0 spiro atoms. The number of anilines is 2. The number of nitrogens with zero attached hydrogens (tertiary/aromatic N) is 2. The van der Waals surface area contributed by atoms with Gasteiger partial charge in [0.2, 0.25) is 5.91 Å². The third-order valence-electron chi connectivity index (χ3n) is 5.40. The second-order valence-corrected chi connectivity index (χ2v) is 9.45. The number of hydrogen-bond donors (Lipinski definition) is 1. The van der Waals surface area contributed by atoms with Crippen LogP contribution in [0.25, 0.3) is 5.57 Å². The van der Waals surface area contributed by atoms with Crippen molar-refractivity contribution in [3.8, 4) is 0 Å². The lowest BCUT2D eigenvalue weighted by atomic mass is 10.1. The number of thioether (sulfide) groups is 1. The van der Waals surface area contributed by atoms with Gasteiger partial charge in [-0.1, -0.05) is 66.8 Å². The second-order valence-electron chi connectivity index (χ2n) is 7.80. The maximum Gasteiger partial charge on any atom is 0.267 e. The SMILES string of the molecule is CCCN1C(=O)/C(=C2\C(=O)N(CC(=O)Nc3ccc(C)cc3C)c3ccccc32)SC1=S. The molecule has 32 heavy (non-hydrogen) atoms. The fraction of sp³-hybridized carbons (Fsp3) is 0.250. The van der Waals surface area contributed by atoms with Crippen LogP contribution in [0.3, 0.4) is 0 Å². The molecular weight excluding hydrogens is 442 g/mol. The lowest BCUT2D eigenvalue weighted by Gasteiger charge is -2.17. The normalized spacial score (nSPS) is 17.9. The number of carbonyl (C=O) groups excluding carboxylic acids is 3. The average Bonchev–Trinajstić information content (AvgIpc) is 3.18. The number of hydrogen-bond acceptors (Lipinski definition) is 5. The molecule has 8 heteroatoms. The van der Waals surface area contributed by atoms with Gasteiger partial charge in [0.05, 0.1) is 16.2 Å². The summed E-state index contributed by atoms with van der Waals surface area (Å²) < 4.78 is 0.454. The summed E-state index contributed by atoms with van der Waals surface area (Å²) in [5.74, 6) is -0.916. The van der Waals surface area contributed by atoms with Crippen molar-refractivity contribution in [3.05, 3.63) is 64.1 Å². The van der Waals surface area contributed by atoms with Crippen LogP contribution in [0.15, 0.2) is 47.4 Å². The Morgan fingerprint density at radius 3 is 2.53 bits per heavy atom. The molecule has 1 fully saturated rings. The highest BCUT2D eigenvalue weighted by Gasteiger charge is 2.42. The highest BCUT2D eigenvalue weighted by atomic mass is 32.2. The van der Waals surface area contributed by atoms with E-state index in [1.807, 2.05) is 51.1 Å². The lowest BCUT2D eigenvalue weighted by molar-refractivity contribution is -0.122. The van der Waals surface area contributed by atoms with Crippen molar-refractivity contribution in [2.75, 3.05) is 23.3 Å². The number of carbonyl (C=O) groups is 3. The van der Waals surface area contributed by atoms with E-state index in [4.69, 9.17) is 12.2 Å². The predicted octanol–water partition coefficient (Wildman–Crippen LogP) is 4.27. The smallest absolute Gasteiger partial charge is 0.267 e. The summed E-state index contributed by atoms with van der Waals surface area (Å²) in [6.45, 7) is 6.25. The van der Waals surface area contributed by atoms with Crippen LogP contribution in [0, 0.1) is 13.8 Å². The largest absolute Gasteiger partial charge is 0.324 e. The van der Waals surface area contributed by atoms with Gasteiger partial charge >= 0.3 is 0 Å². The number of aryl methyl sites for hydroxylation is 2.